The molecule has 28 heavy (non-hydrogen) atoms. The molecule has 2 atom stereocenters. The van der Waals surface area contributed by atoms with Gasteiger partial charge in [0.2, 0.25) is 5.95 Å². The van der Waals surface area contributed by atoms with Crippen molar-refractivity contribution in [2.24, 2.45) is 5.92 Å². The van der Waals surface area contributed by atoms with E-state index in [0.717, 1.165) is 30.2 Å². The topological polar surface area (TPSA) is 94.4 Å². The summed E-state index contributed by atoms with van der Waals surface area (Å²) in [5.41, 5.74) is 2.82. The lowest BCUT2D eigenvalue weighted by Gasteiger charge is -2.18. The van der Waals surface area contributed by atoms with Crippen molar-refractivity contribution < 1.29 is 10.2 Å². The SMILES string of the molecule is Cc1cc(N2C[C@@H](Cc3ccncc3)[C@H](O)C2)nc(Nc2ccc(O)cc2)n1. The monoisotopic (exact) mass is 377 g/mol. The lowest BCUT2D eigenvalue weighted by Crippen LogP contribution is -2.22. The number of aromatic nitrogens is 3. The van der Waals surface area contributed by atoms with Gasteiger partial charge in [0.1, 0.15) is 11.6 Å². The van der Waals surface area contributed by atoms with Crippen LogP contribution in [0.2, 0.25) is 0 Å². The molecule has 0 bridgehead atoms. The fourth-order valence-corrected chi connectivity index (χ4v) is 3.51. The summed E-state index contributed by atoms with van der Waals surface area (Å²) in [5, 5.41) is 23.1. The Morgan fingerprint density at radius 2 is 1.82 bits per heavy atom. The molecular weight excluding hydrogens is 354 g/mol. The van der Waals surface area contributed by atoms with Crippen LogP contribution in [0.15, 0.2) is 54.9 Å². The zero-order chi connectivity index (χ0) is 19.5. The quantitative estimate of drug-likeness (QED) is 0.589. The van der Waals surface area contributed by atoms with Crippen molar-refractivity contribution >= 4 is 17.5 Å². The highest BCUT2D eigenvalue weighted by Crippen LogP contribution is 2.27. The number of anilines is 3. The zero-order valence-corrected chi connectivity index (χ0v) is 15.7. The number of aliphatic hydroxyl groups is 1. The van der Waals surface area contributed by atoms with Gasteiger partial charge in [0.25, 0.3) is 0 Å². The average molecular weight is 377 g/mol. The van der Waals surface area contributed by atoms with Gasteiger partial charge in [-0.15, -0.1) is 0 Å². The van der Waals surface area contributed by atoms with E-state index in [9.17, 15) is 10.2 Å². The summed E-state index contributed by atoms with van der Waals surface area (Å²) in [6.07, 6.45) is 3.97. The number of nitrogens with zero attached hydrogens (tertiary/aromatic N) is 4. The van der Waals surface area contributed by atoms with Crippen molar-refractivity contribution in [1.82, 2.24) is 15.0 Å². The highest BCUT2D eigenvalue weighted by Gasteiger charge is 2.32. The molecule has 7 heteroatoms. The second-order valence-electron chi connectivity index (χ2n) is 7.16. The molecule has 0 saturated carbocycles. The number of aromatic hydroxyl groups is 1. The number of β-amino-alcohol motifs (C(OH)–C–C–N with tert-alkyl or cyclic N) is 1. The first-order valence-corrected chi connectivity index (χ1v) is 9.30. The van der Waals surface area contributed by atoms with Gasteiger partial charge in [-0.05, 0) is 55.3 Å². The normalized spacial score (nSPS) is 19.0. The van der Waals surface area contributed by atoms with Crippen molar-refractivity contribution in [3.8, 4) is 5.75 Å². The molecule has 1 aliphatic rings. The minimum atomic E-state index is -0.406. The first-order chi connectivity index (χ1) is 13.6. The predicted molar refractivity (Wildman–Crippen MR) is 108 cm³/mol. The van der Waals surface area contributed by atoms with Gasteiger partial charge in [0.05, 0.1) is 6.10 Å². The Morgan fingerprint density at radius 3 is 2.57 bits per heavy atom. The molecule has 0 radical (unpaired) electrons. The maximum atomic E-state index is 10.5. The summed E-state index contributed by atoms with van der Waals surface area (Å²) in [6, 6.07) is 12.7. The van der Waals surface area contributed by atoms with Crippen LogP contribution in [0.4, 0.5) is 17.5 Å². The third-order valence-corrected chi connectivity index (χ3v) is 4.94. The number of rotatable bonds is 5. The predicted octanol–water partition coefficient (Wildman–Crippen LogP) is 2.67. The highest BCUT2D eigenvalue weighted by atomic mass is 16.3. The number of benzene rings is 1. The molecule has 0 amide bonds. The van der Waals surface area contributed by atoms with E-state index >= 15 is 0 Å². The van der Waals surface area contributed by atoms with Crippen LogP contribution in [-0.4, -0.2) is 44.4 Å². The highest BCUT2D eigenvalue weighted by molar-refractivity contribution is 5.57. The van der Waals surface area contributed by atoms with Crippen LogP contribution in [0, 0.1) is 12.8 Å². The average Bonchev–Trinajstić information content (AvgIpc) is 3.05. The lowest BCUT2D eigenvalue weighted by atomic mass is 9.97. The molecule has 3 heterocycles. The fraction of sp³-hybridized carbons (Fsp3) is 0.286. The summed E-state index contributed by atoms with van der Waals surface area (Å²) in [5.74, 6) is 1.65. The molecule has 144 valence electrons. The van der Waals surface area contributed by atoms with Gasteiger partial charge in [0, 0.05) is 48.8 Å². The molecule has 0 spiro atoms. The summed E-state index contributed by atoms with van der Waals surface area (Å²) in [6.45, 7) is 3.21. The van der Waals surface area contributed by atoms with E-state index in [4.69, 9.17) is 0 Å². The van der Waals surface area contributed by atoms with Gasteiger partial charge in [-0.2, -0.15) is 4.98 Å². The first kappa shape index (κ1) is 18.2. The Balaban J connectivity index is 1.49. The molecule has 1 saturated heterocycles. The lowest BCUT2D eigenvalue weighted by molar-refractivity contribution is 0.148. The maximum Gasteiger partial charge on any atom is 0.229 e. The van der Waals surface area contributed by atoms with E-state index in [-0.39, 0.29) is 11.7 Å². The van der Waals surface area contributed by atoms with Crippen LogP contribution < -0.4 is 10.2 Å². The van der Waals surface area contributed by atoms with Crippen LogP contribution in [0.25, 0.3) is 0 Å². The van der Waals surface area contributed by atoms with Gasteiger partial charge in [0.15, 0.2) is 0 Å². The molecular formula is C21H23N5O2. The van der Waals surface area contributed by atoms with Crippen LogP contribution in [0.1, 0.15) is 11.3 Å². The summed E-state index contributed by atoms with van der Waals surface area (Å²) < 4.78 is 0. The van der Waals surface area contributed by atoms with Crippen LogP contribution in [-0.2, 0) is 6.42 Å². The number of phenols is 1. The summed E-state index contributed by atoms with van der Waals surface area (Å²) in [7, 11) is 0. The van der Waals surface area contributed by atoms with E-state index in [1.807, 2.05) is 25.1 Å². The molecule has 1 aliphatic heterocycles. The Kier molecular flexibility index (Phi) is 5.08. The van der Waals surface area contributed by atoms with Crippen molar-refractivity contribution in [1.29, 1.82) is 0 Å². The molecule has 1 aromatic carbocycles. The van der Waals surface area contributed by atoms with Crippen molar-refractivity contribution in [2.75, 3.05) is 23.3 Å². The van der Waals surface area contributed by atoms with Crippen molar-refractivity contribution in [3.63, 3.8) is 0 Å². The molecule has 3 aromatic rings. The largest absolute Gasteiger partial charge is 0.508 e. The minimum absolute atomic E-state index is 0.145. The zero-order valence-electron chi connectivity index (χ0n) is 15.7. The molecule has 3 N–H and O–H groups in total. The number of aliphatic hydroxyl groups excluding tert-OH is 1. The third-order valence-electron chi connectivity index (χ3n) is 4.94. The number of phenolic OH excluding ortho intramolecular Hbond substituents is 1. The molecule has 2 aromatic heterocycles. The van der Waals surface area contributed by atoms with E-state index in [1.54, 1.807) is 36.7 Å². The minimum Gasteiger partial charge on any atom is -0.508 e. The smallest absolute Gasteiger partial charge is 0.229 e. The summed E-state index contributed by atoms with van der Waals surface area (Å²) in [4.78, 5) is 15.2. The third kappa shape index (κ3) is 4.20. The summed E-state index contributed by atoms with van der Waals surface area (Å²) >= 11 is 0. The number of pyridine rings is 1. The molecule has 4 rings (SSSR count). The Morgan fingerprint density at radius 1 is 1.07 bits per heavy atom. The van der Waals surface area contributed by atoms with Crippen LogP contribution in [0.3, 0.4) is 0 Å². The van der Waals surface area contributed by atoms with E-state index < -0.39 is 6.10 Å². The number of aryl methyl sites for hydroxylation is 1. The second-order valence-corrected chi connectivity index (χ2v) is 7.16. The number of hydrogen-bond donors (Lipinski definition) is 3. The van der Waals surface area contributed by atoms with Gasteiger partial charge in [-0.1, -0.05) is 0 Å². The van der Waals surface area contributed by atoms with Crippen molar-refractivity contribution in [3.05, 3.63) is 66.1 Å². The molecule has 1 fully saturated rings. The second kappa shape index (κ2) is 7.82. The standard InChI is InChI=1S/C21H23N5O2/c1-14-10-20(25-21(23-14)24-17-2-4-18(27)5-3-17)26-12-16(19(28)13-26)11-15-6-8-22-9-7-15/h2-10,16,19,27-28H,11-13H2,1H3,(H,23,24,25)/t16-,19-/m1/s1. The van der Waals surface area contributed by atoms with Gasteiger partial charge in [-0.3, -0.25) is 4.98 Å². The van der Waals surface area contributed by atoms with Gasteiger partial charge in [-0.25, -0.2) is 4.98 Å². The molecule has 0 unspecified atom stereocenters. The van der Waals surface area contributed by atoms with Crippen LogP contribution >= 0.6 is 0 Å². The molecule has 0 aliphatic carbocycles. The number of hydrogen-bond acceptors (Lipinski definition) is 7. The van der Waals surface area contributed by atoms with E-state index in [0.29, 0.717) is 12.5 Å². The van der Waals surface area contributed by atoms with E-state index in [1.165, 1.54) is 5.56 Å². The fourth-order valence-electron chi connectivity index (χ4n) is 3.51. The molecule has 7 nitrogen and oxygen atoms in total. The van der Waals surface area contributed by atoms with Gasteiger partial charge >= 0.3 is 0 Å². The van der Waals surface area contributed by atoms with Crippen LogP contribution in [0.5, 0.6) is 5.75 Å². The maximum absolute atomic E-state index is 10.5. The van der Waals surface area contributed by atoms with Crippen molar-refractivity contribution in [2.45, 2.75) is 19.4 Å². The van der Waals surface area contributed by atoms with Gasteiger partial charge < -0.3 is 20.4 Å². The Labute approximate surface area is 163 Å². The Bertz CT molecular complexity index is 933. The van der Waals surface area contributed by atoms with E-state index in [2.05, 4.69) is 25.2 Å². The Hall–Kier alpha value is -3.19. The first-order valence-electron chi connectivity index (χ1n) is 9.30. The number of nitrogens with one attached hydrogen (secondary N) is 1.